The summed E-state index contributed by atoms with van der Waals surface area (Å²) in [5.74, 6) is 1.21. The van der Waals surface area contributed by atoms with E-state index in [0.29, 0.717) is 11.8 Å². The highest BCUT2D eigenvalue weighted by Gasteiger charge is 2.44. The standard InChI is InChI=1S/C18H25NO2/c1-12-4-6-15(7-5-12)18(2,3)17(21)19-10-13-8-16(20)9-14(13)11-19/h4-7,13-14,16,20H,8-11H2,1-3H3/t13-,14+,16?. The van der Waals surface area contributed by atoms with E-state index in [2.05, 4.69) is 31.2 Å². The predicted molar refractivity (Wildman–Crippen MR) is 83.0 cm³/mol. The van der Waals surface area contributed by atoms with E-state index < -0.39 is 5.41 Å². The Morgan fingerprint density at radius 3 is 2.19 bits per heavy atom. The average molecular weight is 287 g/mol. The van der Waals surface area contributed by atoms with Gasteiger partial charge in [-0.05, 0) is 51.0 Å². The summed E-state index contributed by atoms with van der Waals surface area (Å²) in [6.45, 7) is 7.73. The van der Waals surface area contributed by atoms with E-state index in [-0.39, 0.29) is 12.0 Å². The molecule has 3 heteroatoms. The van der Waals surface area contributed by atoms with Crippen LogP contribution in [0.4, 0.5) is 0 Å². The topological polar surface area (TPSA) is 40.5 Å². The minimum absolute atomic E-state index is 0.151. The van der Waals surface area contributed by atoms with Crippen LogP contribution in [0.1, 0.15) is 37.8 Å². The first-order valence-electron chi connectivity index (χ1n) is 7.92. The fourth-order valence-electron chi connectivity index (χ4n) is 3.92. The van der Waals surface area contributed by atoms with Gasteiger partial charge in [0.15, 0.2) is 0 Å². The third-order valence-electron chi connectivity index (χ3n) is 5.32. The van der Waals surface area contributed by atoms with E-state index >= 15 is 0 Å². The third-order valence-corrected chi connectivity index (χ3v) is 5.32. The maximum atomic E-state index is 12.9. The summed E-state index contributed by atoms with van der Waals surface area (Å²) in [6.07, 6.45) is 1.57. The van der Waals surface area contributed by atoms with Gasteiger partial charge in [-0.2, -0.15) is 0 Å². The zero-order valence-corrected chi connectivity index (χ0v) is 13.2. The molecule has 114 valence electrons. The number of aryl methyl sites for hydroxylation is 1. The number of likely N-dealkylation sites (tertiary alicyclic amines) is 1. The molecule has 1 aliphatic heterocycles. The van der Waals surface area contributed by atoms with Crippen LogP contribution in [0, 0.1) is 18.8 Å². The van der Waals surface area contributed by atoms with Gasteiger partial charge in [-0.15, -0.1) is 0 Å². The van der Waals surface area contributed by atoms with Crippen molar-refractivity contribution in [1.29, 1.82) is 0 Å². The van der Waals surface area contributed by atoms with Crippen molar-refractivity contribution in [3.05, 3.63) is 35.4 Å². The Bertz CT molecular complexity index is 521. The van der Waals surface area contributed by atoms with Crippen LogP contribution in [0.2, 0.25) is 0 Å². The molecular formula is C18H25NO2. The number of hydrogen-bond acceptors (Lipinski definition) is 2. The summed E-state index contributed by atoms with van der Waals surface area (Å²) >= 11 is 0. The van der Waals surface area contributed by atoms with Crippen LogP contribution in [-0.4, -0.2) is 35.1 Å². The van der Waals surface area contributed by atoms with Gasteiger partial charge in [-0.25, -0.2) is 0 Å². The number of aliphatic hydroxyl groups excluding tert-OH is 1. The van der Waals surface area contributed by atoms with Crippen LogP contribution in [0.15, 0.2) is 24.3 Å². The molecule has 0 aromatic heterocycles. The first-order chi connectivity index (χ1) is 9.88. The number of fused-ring (bicyclic) bond motifs is 1. The molecule has 1 aromatic carbocycles. The van der Waals surface area contributed by atoms with Gasteiger partial charge in [0.05, 0.1) is 11.5 Å². The molecule has 2 aliphatic rings. The van der Waals surface area contributed by atoms with Crippen LogP contribution in [0.5, 0.6) is 0 Å². The Morgan fingerprint density at radius 1 is 1.14 bits per heavy atom. The molecule has 1 amide bonds. The second-order valence-electron chi connectivity index (χ2n) is 7.35. The lowest BCUT2D eigenvalue weighted by molar-refractivity contribution is -0.135. The summed E-state index contributed by atoms with van der Waals surface area (Å²) in [5, 5.41) is 9.72. The molecule has 0 spiro atoms. The van der Waals surface area contributed by atoms with Gasteiger partial charge in [0.2, 0.25) is 5.91 Å². The highest BCUT2D eigenvalue weighted by Crippen LogP contribution is 2.39. The summed E-state index contributed by atoms with van der Waals surface area (Å²) in [7, 11) is 0. The van der Waals surface area contributed by atoms with Crippen LogP contribution in [-0.2, 0) is 10.2 Å². The highest BCUT2D eigenvalue weighted by atomic mass is 16.3. The monoisotopic (exact) mass is 287 g/mol. The number of nitrogens with zero attached hydrogens (tertiary/aromatic N) is 1. The molecule has 1 aromatic rings. The lowest BCUT2D eigenvalue weighted by atomic mass is 9.83. The van der Waals surface area contributed by atoms with Crippen LogP contribution in [0.3, 0.4) is 0 Å². The Morgan fingerprint density at radius 2 is 1.67 bits per heavy atom. The Hall–Kier alpha value is -1.35. The van der Waals surface area contributed by atoms with Crippen molar-refractivity contribution in [3.63, 3.8) is 0 Å². The number of amides is 1. The molecule has 1 heterocycles. The van der Waals surface area contributed by atoms with Gasteiger partial charge in [-0.1, -0.05) is 29.8 Å². The molecule has 1 N–H and O–H groups in total. The Balaban J connectivity index is 1.74. The Labute approximate surface area is 127 Å². The maximum absolute atomic E-state index is 12.9. The quantitative estimate of drug-likeness (QED) is 0.908. The van der Waals surface area contributed by atoms with Gasteiger partial charge in [0.25, 0.3) is 0 Å². The normalized spacial score (nSPS) is 28.8. The molecule has 2 fully saturated rings. The fourth-order valence-corrected chi connectivity index (χ4v) is 3.92. The summed E-state index contributed by atoms with van der Waals surface area (Å²) in [5.41, 5.74) is 1.81. The maximum Gasteiger partial charge on any atom is 0.232 e. The molecule has 0 bridgehead atoms. The van der Waals surface area contributed by atoms with Crippen LogP contribution >= 0.6 is 0 Å². The van der Waals surface area contributed by atoms with Gasteiger partial charge in [-0.3, -0.25) is 4.79 Å². The van der Waals surface area contributed by atoms with Crippen molar-refractivity contribution < 1.29 is 9.90 Å². The summed E-state index contributed by atoms with van der Waals surface area (Å²) in [6, 6.07) is 8.26. The van der Waals surface area contributed by atoms with Crippen molar-refractivity contribution in [1.82, 2.24) is 4.90 Å². The molecule has 21 heavy (non-hydrogen) atoms. The number of carbonyl (C=O) groups is 1. The van der Waals surface area contributed by atoms with Crippen LogP contribution < -0.4 is 0 Å². The van der Waals surface area contributed by atoms with E-state index in [0.717, 1.165) is 31.5 Å². The molecule has 1 unspecified atom stereocenters. The SMILES string of the molecule is Cc1ccc(C(C)(C)C(=O)N2C[C@H]3CC(O)C[C@H]3C2)cc1. The molecular weight excluding hydrogens is 262 g/mol. The first-order valence-corrected chi connectivity index (χ1v) is 7.92. The van der Waals surface area contributed by atoms with Gasteiger partial charge in [0, 0.05) is 13.1 Å². The molecule has 1 saturated carbocycles. The van der Waals surface area contributed by atoms with Gasteiger partial charge in [0.1, 0.15) is 0 Å². The van der Waals surface area contributed by atoms with Crippen molar-refractivity contribution in [2.24, 2.45) is 11.8 Å². The number of benzene rings is 1. The number of rotatable bonds is 2. The zero-order chi connectivity index (χ0) is 15.2. The Kier molecular flexibility index (Phi) is 3.56. The van der Waals surface area contributed by atoms with Crippen molar-refractivity contribution in [3.8, 4) is 0 Å². The lowest BCUT2D eigenvalue weighted by Gasteiger charge is -2.30. The molecule has 1 aliphatic carbocycles. The van der Waals surface area contributed by atoms with E-state index in [1.54, 1.807) is 0 Å². The third kappa shape index (κ3) is 2.59. The zero-order valence-electron chi connectivity index (χ0n) is 13.2. The summed E-state index contributed by atoms with van der Waals surface area (Å²) in [4.78, 5) is 14.9. The largest absolute Gasteiger partial charge is 0.393 e. The minimum Gasteiger partial charge on any atom is -0.393 e. The predicted octanol–water partition coefficient (Wildman–Crippen LogP) is 2.50. The minimum atomic E-state index is -0.481. The first kappa shape index (κ1) is 14.6. The van der Waals surface area contributed by atoms with Crippen molar-refractivity contribution in [2.75, 3.05) is 13.1 Å². The molecule has 0 radical (unpaired) electrons. The number of carbonyl (C=O) groups excluding carboxylic acids is 1. The summed E-state index contributed by atoms with van der Waals surface area (Å²) < 4.78 is 0. The highest BCUT2D eigenvalue weighted by molar-refractivity contribution is 5.87. The van der Waals surface area contributed by atoms with Crippen LogP contribution in [0.25, 0.3) is 0 Å². The molecule has 1 saturated heterocycles. The van der Waals surface area contributed by atoms with E-state index in [1.165, 1.54) is 5.56 Å². The molecule has 3 nitrogen and oxygen atoms in total. The molecule has 3 rings (SSSR count). The van der Waals surface area contributed by atoms with E-state index in [9.17, 15) is 9.90 Å². The van der Waals surface area contributed by atoms with Gasteiger partial charge >= 0.3 is 0 Å². The smallest absolute Gasteiger partial charge is 0.232 e. The second kappa shape index (κ2) is 5.13. The van der Waals surface area contributed by atoms with E-state index in [4.69, 9.17) is 0 Å². The number of hydrogen-bond donors (Lipinski definition) is 1. The lowest BCUT2D eigenvalue weighted by Crippen LogP contribution is -2.43. The van der Waals surface area contributed by atoms with E-state index in [1.807, 2.05) is 18.7 Å². The molecule has 3 atom stereocenters. The second-order valence-corrected chi connectivity index (χ2v) is 7.35. The number of aliphatic hydroxyl groups is 1. The van der Waals surface area contributed by atoms with Crippen molar-refractivity contribution >= 4 is 5.91 Å². The van der Waals surface area contributed by atoms with Crippen molar-refractivity contribution in [2.45, 2.75) is 45.1 Å². The average Bonchev–Trinajstić information content (AvgIpc) is 2.95. The fraction of sp³-hybridized carbons (Fsp3) is 0.611. The van der Waals surface area contributed by atoms with Gasteiger partial charge < -0.3 is 10.0 Å².